The van der Waals surface area contributed by atoms with E-state index in [0.717, 1.165) is 12.8 Å². The van der Waals surface area contributed by atoms with Crippen LogP contribution in [-0.4, -0.2) is 52.1 Å². The van der Waals surface area contributed by atoms with Crippen LogP contribution in [0.25, 0.3) is 0 Å². The number of amides is 3. The van der Waals surface area contributed by atoms with Gasteiger partial charge in [0.05, 0.1) is 0 Å². The van der Waals surface area contributed by atoms with Crippen LogP contribution >= 0.6 is 0 Å². The van der Waals surface area contributed by atoms with E-state index < -0.39 is 29.7 Å². The van der Waals surface area contributed by atoms with Gasteiger partial charge in [-0.15, -0.1) is 0 Å². The summed E-state index contributed by atoms with van der Waals surface area (Å²) in [7, 11) is 0. The Kier molecular flexibility index (Phi) is 10.7. The number of unbranched alkanes of at least 4 members (excludes halogenated alkanes) is 1. The van der Waals surface area contributed by atoms with Gasteiger partial charge >= 0.3 is 6.09 Å². The molecule has 0 heterocycles. The van der Waals surface area contributed by atoms with Crippen LogP contribution in [0.15, 0.2) is 18.2 Å². The van der Waals surface area contributed by atoms with E-state index in [9.17, 15) is 19.5 Å². The number of phenols is 1. The first-order valence-electron chi connectivity index (χ1n) is 11.7. The molecule has 8 heteroatoms. The summed E-state index contributed by atoms with van der Waals surface area (Å²) in [6.07, 6.45) is 1.57. The smallest absolute Gasteiger partial charge is 0.408 e. The van der Waals surface area contributed by atoms with Gasteiger partial charge in [-0.25, -0.2) is 4.79 Å². The Labute approximate surface area is 198 Å². The van der Waals surface area contributed by atoms with Crippen molar-refractivity contribution in [1.82, 2.24) is 15.5 Å². The molecule has 0 radical (unpaired) electrons. The maximum atomic E-state index is 13.6. The van der Waals surface area contributed by atoms with Gasteiger partial charge in [0.2, 0.25) is 11.8 Å². The molecular formula is C25H41N3O5. The maximum Gasteiger partial charge on any atom is 0.408 e. The highest BCUT2D eigenvalue weighted by Gasteiger charge is 2.38. The topological polar surface area (TPSA) is 108 Å². The lowest BCUT2D eigenvalue weighted by molar-refractivity contribution is -0.144. The van der Waals surface area contributed by atoms with E-state index >= 15 is 0 Å². The summed E-state index contributed by atoms with van der Waals surface area (Å²) in [5.74, 6) is -0.837. The molecule has 1 aromatic carbocycles. The normalized spacial score (nSPS) is 14.1. The molecule has 33 heavy (non-hydrogen) atoms. The zero-order chi connectivity index (χ0) is 25.3. The molecule has 3 unspecified atom stereocenters. The molecule has 0 fully saturated rings. The number of carbonyl (C=O) groups excluding carboxylic acids is 3. The van der Waals surface area contributed by atoms with E-state index in [1.165, 1.54) is 4.90 Å². The number of benzene rings is 1. The first-order valence-corrected chi connectivity index (χ1v) is 11.7. The van der Waals surface area contributed by atoms with E-state index in [0.29, 0.717) is 24.1 Å². The number of phenolic OH excluding ortho intramolecular Hbond substituents is 1. The minimum absolute atomic E-state index is 0.0259. The summed E-state index contributed by atoms with van der Waals surface area (Å²) in [6, 6.07) is 2.83. The first-order chi connectivity index (χ1) is 15.3. The number of para-hydroxylation sites is 1. The first kappa shape index (κ1) is 28.3. The van der Waals surface area contributed by atoms with Crippen molar-refractivity contribution in [3.05, 3.63) is 29.3 Å². The molecule has 0 aromatic heterocycles. The number of aryl methyl sites for hydroxylation is 1. The second-order valence-electron chi connectivity index (χ2n) is 9.43. The van der Waals surface area contributed by atoms with Crippen LogP contribution in [0.1, 0.15) is 84.9 Å². The monoisotopic (exact) mass is 463 g/mol. The molecule has 0 aliphatic rings. The summed E-state index contributed by atoms with van der Waals surface area (Å²) < 4.78 is 5.28. The van der Waals surface area contributed by atoms with Gasteiger partial charge in [0.15, 0.2) is 0 Å². The van der Waals surface area contributed by atoms with Gasteiger partial charge in [-0.1, -0.05) is 38.5 Å². The zero-order valence-corrected chi connectivity index (χ0v) is 21.3. The van der Waals surface area contributed by atoms with Crippen molar-refractivity contribution in [2.24, 2.45) is 0 Å². The Morgan fingerprint density at radius 2 is 1.79 bits per heavy atom. The highest BCUT2D eigenvalue weighted by molar-refractivity contribution is 5.92. The van der Waals surface area contributed by atoms with Crippen LogP contribution in [0.3, 0.4) is 0 Å². The number of rotatable bonds is 10. The van der Waals surface area contributed by atoms with Crippen LogP contribution in [0.5, 0.6) is 5.75 Å². The van der Waals surface area contributed by atoms with Gasteiger partial charge in [-0.3, -0.25) is 9.59 Å². The third-order valence-electron chi connectivity index (χ3n) is 5.34. The number of hydrogen-bond donors (Lipinski definition) is 3. The van der Waals surface area contributed by atoms with Gasteiger partial charge in [-0.2, -0.15) is 0 Å². The van der Waals surface area contributed by atoms with E-state index in [-0.39, 0.29) is 17.7 Å². The number of nitrogens with zero attached hydrogens (tertiary/aromatic N) is 1. The van der Waals surface area contributed by atoms with Crippen LogP contribution in [0.4, 0.5) is 4.79 Å². The molecule has 0 bridgehead atoms. The van der Waals surface area contributed by atoms with Crippen LogP contribution in [-0.2, 0) is 14.3 Å². The predicted molar refractivity (Wildman–Crippen MR) is 129 cm³/mol. The number of alkyl carbamates (subject to hydrolysis) is 1. The van der Waals surface area contributed by atoms with Crippen molar-refractivity contribution in [3.8, 4) is 5.75 Å². The minimum atomic E-state index is -1.05. The SMILES string of the molecule is CCCCNC(=O)C(c1cccc(C)c1O)N(C(=O)C(C)NC(=O)OC(C)(C)C)C(C)CC. The fourth-order valence-electron chi connectivity index (χ4n) is 3.37. The summed E-state index contributed by atoms with van der Waals surface area (Å²) in [5, 5.41) is 16.2. The molecule has 0 aliphatic heterocycles. The number of nitrogens with one attached hydrogen (secondary N) is 2. The Morgan fingerprint density at radius 3 is 2.33 bits per heavy atom. The number of aromatic hydroxyl groups is 1. The molecule has 0 spiro atoms. The van der Waals surface area contributed by atoms with E-state index in [4.69, 9.17) is 4.74 Å². The van der Waals surface area contributed by atoms with Crippen molar-refractivity contribution in [2.75, 3.05) is 6.54 Å². The lowest BCUT2D eigenvalue weighted by Crippen LogP contribution is -2.54. The Balaban J connectivity index is 3.39. The average Bonchev–Trinajstić information content (AvgIpc) is 2.72. The summed E-state index contributed by atoms with van der Waals surface area (Å²) in [6.45, 7) is 14.8. The van der Waals surface area contributed by atoms with E-state index in [1.54, 1.807) is 52.8 Å². The molecule has 1 rings (SSSR count). The average molecular weight is 464 g/mol. The van der Waals surface area contributed by atoms with Crippen molar-refractivity contribution in [2.45, 2.75) is 98.4 Å². The summed E-state index contributed by atoms with van der Waals surface area (Å²) in [5.41, 5.74) is 0.246. The van der Waals surface area contributed by atoms with Gasteiger partial charge in [0.1, 0.15) is 23.4 Å². The quantitative estimate of drug-likeness (QED) is 0.451. The zero-order valence-electron chi connectivity index (χ0n) is 21.3. The highest BCUT2D eigenvalue weighted by atomic mass is 16.6. The van der Waals surface area contributed by atoms with Gasteiger partial charge in [0, 0.05) is 18.2 Å². The minimum Gasteiger partial charge on any atom is -0.507 e. The molecule has 0 saturated carbocycles. The van der Waals surface area contributed by atoms with Crippen LogP contribution in [0, 0.1) is 6.92 Å². The highest BCUT2D eigenvalue weighted by Crippen LogP contribution is 2.33. The molecule has 3 atom stereocenters. The van der Waals surface area contributed by atoms with Gasteiger partial charge in [0.25, 0.3) is 0 Å². The van der Waals surface area contributed by atoms with Crippen molar-refractivity contribution < 1.29 is 24.2 Å². The van der Waals surface area contributed by atoms with Crippen molar-refractivity contribution in [1.29, 1.82) is 0 Å². The third kappa shape index (κ3) is 8.26. The van der Waals surface area contributed by atoms with E-state index in [2.05, 4.69) is 10.6 Å². The van der Waals surface area contributed by atoms with Crippen molar-refractivity contribution >= 4 is 17.9 Å². The van der Waals surface area contributed by atoms with Gasteiger partial charge < -0.3 is 25.4 Å². The maximum absolute atomic E-state index is 13.6. The third-order valence-corrected chi connectivity index (χ3v) is 5.34. The van der Waals surface area contributed by atoms with Gasteiger partial charge in [-0.05, 0) is 59.9 Å². The Morgan fingerprint density at radius 1 is 1.15 bits per heavy atom. The van der Waals surface area contributed by atoms with E-state index in [1.807, 2.05) is 20.8 Å². The lowest BCUT2D eigenvalue weighted by atomic mass is 9.97. The standard InChI is InChI=1S/C25H41N3O5/c1-9-11-15-26-22(30)20(19-14-12-13-16(3)21(19)29)28(17(4)10-2)23(31)18(5)27-24(32)33-25(6,7)8/h12-14,17-18,20,29H,9-11,15H2,1-8H3,(H,26,30)(H,27,32). The molecule has 8 nitrogen and oxygen atoms in total. The molecule has 3 N–H and O–H groups in total. The fraction of sp³-hybridized carbons (Fsp3) is 0.640. The second-order valence-corrected chi connectivity index (χ2v) is 9.43. The fourth-order valence-corrected chi connectivity index (χ4v) is 3.37. The number of hydrogen-bond acceptors (Lipinski definition) is 5. The Bertz CT molecular complexity index is 819. The van der Waals surface area contributed by atoms with Crippen LogP contribution < -0.4 is 10.6 Å². The number of ether oxygens (including phenoxy) is 1. The molecule has 3 amide bonds. The molecular weight excluding hydrogens is 422 g/mol. The summed E-state index contributed by atoms with van der Waals surface area (Å²) >= 11 is 0. The largest absolute Gasteiger partial charge is 0.507 e. The second kappa shape index (κ2) is 12.5. The Hall–Kier alpha value is -2.77. The molecule has 186 valence electrons. The predicted octanol–water partition coefficient (Wildman–Crippen LogP) is 4.20. The molecule has 0 saturated heterocycles. The molecule has 0 aliphatic carbocycles. The van der Waals surface area contributed by atoms with Crippen molar-refractivity contribution in [3.63, 3.8) is 0 Å². The lowest BCUT2D eigenvalue weighted by Gasteiger charge is -2.38. The molecule has 1 aromatic rings. The number of carbonyl (C=O) groups is 3. The van der Waals surface area contributed by atoms with Crippen LogP contribution in [0.2, 0.25) is 0 Å². The summed E-state index contributed by atoms with van der Waals surface area (Å²) in [4.78, 5) is 40.7.